The van der Waals surface area contributed by atoms with E-state index in [9.17, 15) is 9.59 Å². The van der Waals surface area contributed by atoms with Crippen molar-refractivity contribution in [1.82, 2.24) is 0 Å². The number of carbonyl (C=O) groups is 2. The van der Waals surface area contributed by atoms with Gasteiger partial charge in [0.2, 0.25) is 10.2 Å². The normalized spacial score (nSPS) is 10.7. The minimum atomic E-state index is -0.137. The molecule has 0 amide bonds. The first-order valence-corrected chi connectivity index (χ1v) is 9.88. The fourth-order valence-electron chi connectivity index (χ4n) is 1.95. The molecule has 28 heavy (non-hydrogen) atoms. The molecule has 0 aliphatic rings. The number of thioether (sulfide) groups is 2. The summed E-state index contributed by atoms with van der Waals surface area (Å²) in [6.07, 6.45) is 5.42. The van der Waals surface area contributed by atoms with Gasteiger partial charge in [0.1, 0.15) is 11.5 Å². The molecule has 0 fully saturated rings. The smallest absolute Gasteiger partial charge is 0.215 e. The van der Waals surface area contributed by atoms with Crippen LogP contribution in [0.25, 0.3) is 11.1 Å². The zero-order valence-electron chi connectivity index (χ0n) is 14.9. The molecule has 142 valence electrons. The van der Waals surface area contributed by atoms with E-state index in [1.807, 2.05) is 48.5 Å². The number of carbonyl (C=O) groups excluding carboxylic acids is 2. The van der Waals surface area contributed by atoms with Gasteiger partial charge in [-0.15, -0.1) is 0 Å². The minimum Gasteiger partial charge on any atom is -0.464 e. The standard InChI is InChI=1S/C22H18O4S2/c1-3-21(23)27-15-13-25-19-9-5-17(6-10-19)18-7-11-20(12-8-18)26-14-16-28-22(24)4-2/h3-16H,1-2H2/b15-13-,16-14-. The first-order valence-electron chi connectivity index (χ1n) is 8.12. The van der Waals surface area contributed by atoms with Crippen molar-refractivity contribution >= 4 is 33.8 Å². The first kappa shape index (κ1) is 21.3. The molecule has 0 unspecified atom stereocenters. The van der Waals surface area contributed by atoms with Crippen molar-refractivity contribution in [2.75, 3.05) is 0 Å². The van der Waals surface area contributed by atoms with Crippen molar-refractivity contribution in [3.8, 4) is 22.6 Å². The van der Waals surface area contributed by atoms with Gasteiger partial charge in [0.15, 0.2) is 0 Å². The molecule has 0 spiro atoms. The molecule has 0 aliphatic heterocycles. The van der Waals surface area contributed by atoms with Gasteiger partial charge in [-0.2, -0.15) is 0 Å². The van der Waals surface area contributed by atoms with Crippen LogP contribution in [0.2, 0.25) is 0 Å². The van der Waals surface area contributed by atoms with Crippen LogP contribution < -0.4 is 9.47 Å². The molecule has 0 saturated heterocycles. The summed E-state index contributed by atoms with van der Waals surface area (Å²) >= 11 is 2.01. The minimum absolute atomic E-state index is 0.137. The van der Waals surface area contributed by atoms with Crippen molar-refractivity contribution in [3.63, 3.8) is 0 Å². The van der Waals surface area contributed by atoms with Gasteiger partial charge in [0, 0.05) is 10.8 Å². The van der Waals surface area contributed by atoms with Crippen LogP contribution in [0.5, 0.6) is 11.5 Å². The number of hydrogen-bond acceptors (Lipinski definition) is 6. The number of benzene rings is 2. The molecule has 2 aromatic rings. The lowest BCUT2D eigenvalue weighted by Crippen LogP contribution is -1.85. The monoisotopic (exact) mass is 410 g/mol. The van der Waals surface area contributed by atoms with Gasteiger partial charge in [-0.05, 0) is 47.5 Å². The Hall–Kier alpha value is -2.96. The summed E-state index contributed by atoms with van der Waals surface area (Å²) in [5.41, 5.74) is 2.06. The third kappa shape index (κ3) is 7.34. The average molecular weight is 411 g/mol. The molecule has 0 aliphatic carbocycles. The zero-order chi connectivity index (χ0) is 20.2. The third-order valence-corrected chi connectivity index (χ3v) is 4.56. The van der Waals surface area contributed by atoms with Gasteiger partial charge in [0.25, 0.3) is 0 Å². The third-order valence-electron chi connectivity index (χ3n) is 3.26. The topological polar surface area (TPSA) is 52.6 Å². The molecule has 0 heterocycles. The highest BCUT2D eigenvalue weighted by atomic mass is 32.2. The second kappa shape index (κ2) is 11.7. The molecule has 0 atom stereocenters. The van der Waals surface area contributed by atoms with E-state index in [0.29, 0.717) is 11.5 Å². The second-order valence-electron chi connectivity index (χ2n) is 5.11. The van der Waals surface area contributed by atoms with Crippen molar-refractivity contribution in [1.29, 1.82) is 0 Å². The number of hydrogen-bond donors (Lipinski definition) is 0. The van der Waals surface area contributed by atoms with E-state index in [0.717, 1.165) is 34.7 Å². The summed E-state index contributed by atoms with van der Waals surface area (Å²) in [6, 6.07) is 15.2. The van der Waals surface area contributed by atoms with Gasteiger partial charge in [0.05, 0.1) is 12.5 Å². The molecule has 0 radical (unpaired) electrons. The Morgan fingerprint density at radius 1 is 0.679 bits per heavy atom. The Morgan fingerprint density at radius 3 is 1.36 bits per heavy atom. The summed E-state index contributed by atoms with van der Waals surface area (Å²) in [4.78, 5) is 22.1. The Balaban J connectivity index is 1.89. The molecule has 0 saturated carbocycles. The predicted octanol–water partition coefficient (Wildman–Crippen LogP) is 5.95. The van der Waals surface area contributed by atoms with Gasteiger partial charge < -0.3 is 9.47 Å². The van der Waals surface area contributed by atoms with Crippen LogP contribution in [0, 0.1) is 0 Å². The first-order chi connectivity index (χ1) is 13.6. The van der Waals surface area contributed by atoms with E-state index in [1.165, 1.54) is 24.7 Å². The number of ether oxygens (including phenoxy) is 2. The number of rotatable bonds is 9. The van der Waals surface area contributed by atoms with E-state index in [4.69, 9.17) is 9.47 Å². The van der Waals surface area contributed by atoms with Gasteiger partial charge in [-0.3, -0.25) is 9.59 Å². The van der Waals surface area contributed by atoms with Crippen LogP contribution in [-0.4, -0.2) is 10.2 Å². The summed E-state index contributed by atoms with van der Waals surface area (Å²) < 4.78 is 10.9. The van der Waals surface area contributed by atoms with Crippen molar-refractivity contribution in [2.24, 2.45) is 0 Å². The Labute approximate surface area is 172 Å². The summed E-state index contributed by atoms with van der Waals surface area (Å²) in [6.45, 7) is 6.79. The highest BCUT2D eigenvalue weighted by Crippen LogP contribution is 2.25. The molecule has 2 aromatic carbocycles. The molecule has 4 nitrogen and oxygen atoms in total. The van der Waals surface area contributed by atoms with E-state index < -0.39 is 0 Å². The molecule has 0 aromatic heterocycles. The maximum atomic E-state index is 11.1. The van der Waals surface area contributed by atoms with E-state index in [-0.39, 0.29) is 10.2 Å². The van der Waals surface area contributed by atoms with Crippen molar-refractivity contribution in [3.05, 3.63) is 97.2 Å². The molecule has 6 heteroatoms. The maximum absolute atomic E-state index is 11.1. The Kier molecular flexibility index (Phi) is 8.91. The largest absolute Gasteiger partial charge is 0.464 e. The fourth-order valence-corrected chi connectivity index (χ4v) is 2.63. The SMILES string of the molecule is C=CC(=O)S/C=C\Oc1ccc(-c2ccc(O/C=C\SC(=O)C=C)cc2)cc1. The maximum Gasteiger partial charge on any atom is 0.215 e. The highest BCUT2D eigenvalue weighted by molar-refractivity contribution is 8.16. The van der Waals surface area contributed by atoms with Crippen LogP contribution in [0.3, 0.4) is 0 Å². The molecule has 0 bridgehead atoms. The van der Waals surface area contributed by atoms with Gasteiger partial charge in [-0.1, -0.05) is 60.9 Å². The molecule has 2 rings (SSSR count). The lowest BCUT2D eigenvalue weighted by molar-refractivity contribution is -0.107. The summed E-state index contributed by atoms with van der Waals surface area (Å²) in [5, 5.41) is 2.86. The Morgan fingerprint density at radius 2 is 1.04 bits per heavy atom. The van der Waals surface area contributed by atoms with Crippen molar-refractivity contribution in [2.45, 2.75) is 0 Å². The quantitative estimate of drug-likeness (QED) is 0.376. The van der Waals surface area contributed by atoms with Crippen LogP contribution in [0.15, 0.2) is 97.2 Å². The van der Waals surface area contributed by atoms with Gasteiger partial charge >= 0.3 is 0 Å². The predicted molar refractivity (Wildman–Crippen MR) is 117 cm³/mol. The summed E-state index contributed by atoms with van der Waals surface area (Å²) in [5.74, 6) is 1.34. The van der Waals surface area contributed by atoms with Crippen LogP contribution >= 0.6 is 23.5 Å². The van der Waals surface area contributed by atoms with Crippen LogP contribution in [0.4, 0.5) is 0 Å². The van der Waals surface area contributed by atoms with Gasteiger partial charge in [-0.25, -0.2) is 0 Å². The summed E-state index contributed by atoms with van der Waals surface area (Å²) in [7, 11) is 0. The molecular formula is C22H18O4S2. The zero-order valence-corrected chi connectivity index (χ0v) is 16.6. The lowest BCUT2D eigenvalue weighted by atomic mass is 10.1. The Bertz CT molecular complexity index is 806. The van der Waals surface area contributed by atoms with E-state index in [2.05, 4.69) is 13.2 Å². The van der Waals surface area contributed by atoms with E-state index >= 15 is 0 Å². The lowest BCUT2D eigenvalue weighted by Gasteiger charge is -2.05. The average Bonchev–Trinajstić information content (AvgIpc) is 2.74. The molecular weight excluding hydrogens is 392 g/mol. The van der Waals surface area contributed by atoms with Crippen LogP contribution in [-0.2, 0) is 9.59 Å². The highest BCUT2D eigenvalue weighted by Gasteiger charge is 2.00. The fraction of sp³-hybridized carbons (Fsp3) is 0. The second-order valence-corrected chi connectivity index (χ2v) is 6.93. The van der Waals surface area contributed by atoms with E-state index in [1.54, 1.807) is 10.8 Å². The molecule has 0 N–H and O–H groups in total. The van der Waals surface area contributed by atoms with Crippen molar-refractivity contribution < 1.29 is 19.1 Å². The van der Waals surface area contributed by atoms with Crippen LogP contribution in [0.1, 0.15) is 0 Å².